The maximum Gasteiger partial charge on any atom is 0.0596 e. The Morgan fingerprint density at radius 2 is 2.25 bits per heavy atom. The summed E-state index contributed by atoms with van der Waals surface area (Å²) in [4.78, 5) is 0. The molecule has 0 aliphatic heterocycles. The average molecular weight is 270 g/mol. The molecule has 0 bridgehead atoms. The number of aromatic nitrogens is 2. The lowest BCUT2D eigenvalue weighted by Gasteiger charge is -2.36. The van der Waals surface area contributed by atoms with Gasteiger partial charge in [-0.3, -0.25) is 16.0 Å². The van der Waals surface area contributed by atoms with Crippen LogP contribution in [0.4, 0.5) is 0 Å². The summed E-state index contributed by atoms with van der Waals surface area (Å²) in [6.45, 7) is 5.07. The molecule has 106 valence electrons. The molecule has 1 heterocycles. The van der Waals surface area contributed by atoms with Crippen molar-refractivity contribution in [2.24, 2.45) is 5.84 Å². The third-order valence-electron chi connectivity index (χ3n) is 4.31. The molecule has 2 atom stereocenters. The van der Waals surface area contributed by atoms with Gasteiger partial charge in [0.2, 0.25) is 0 Å². The molecule has 0 amide bonds. The standard InChI is InChI=1S/C16H22N4/c1-3-20-13(8-11(2)19-20)10-16(18-17)15-9-12-6-4-5-7-14(12)15/h4-8,15-16,18H,3,9-10,17H2,1-2H3. The van der Waals surface area contributed by atoms with Gasteiger partial charge in [-0.25, -0.2) is 0 Å². The lowest BCUT2D eigenvalue weighted by molar-refractivity contribution is 0.394. The highest BCUT2D eigenvalue weighted by molar-refractivity contribution is 5.41. The fraction of sp³-hybridized carbons (Fsp3) is 0.438. The van der Waals surface area contributed by atoms with E-state index in [1.165, 1.54) is 16.8 Å². The second-order valence-electron chi connectivity index (χ2n) is 5.58. The van der Waals surface area contributed by atoms with Crippen LogP contribution in [-0.4, -0.2) is 15.8 Å². The molecule has 1 aromatic heterocycles. The summed E-state index contributed by atoms with van der Waals surface area (Å²) in [5, 5.41) is 4.51. The molecule has 2 aromatic rings. The molecule has 0 spiro atoms. The summed E-state index contributed by atoms with van der Waals surface area (Å²) in [5.74, 6) is 6.32. The van der Waals surface area contributed by atoms with Gasteiger partial charge < -0.3 is 0 Å². The molecular formula is C16H22N4. The Labute approximate surface area is 120 Å². The van der Waals surface area contributed by atoms with Gasteiger partial charge in [0, 0.05) is 30.6 Å². The van der Waals surface area contributed by atoms with Crippen LogP contribution in [0.15, 0.2) is 30.3 Å². The van der Waals surface area contributed by atoms with Crippen LogP contribution in [0.3, 0.4) is 0 Å². The SMILES string of the molecule is CCn1nc(C)cc1CC(NN)C1Cc2ccccc21. The van der Waals surface area contributed by atoms with Crippen molar-refractivity contribution < 1.29 is 0 Å². The predicted molar refractivity (Wildman–Crippen MR) is 80.3 cm³/mol. The number of nitrogens with one attached hydrogen (secondary N) is 1. The number of nitrogens with two attached hydrogens (primary N) is 1. The summed E-state index contributed by atoms with van der Waals surface area (Å²) in [6, 6.07) is 11.1. The second kappa shape index (κ2) is 5.38. The highest BCUT2D eigenvalue weighted by Gasteiger charge is 2.32. The molecule has 3 rings (SSSR count). The van der Waals surface area contributed by atoms with Gasteiger partial charge in [0.15, 0.2) is 0 Å². The second-order valence-corrected chi connectivity index (χ2v) is 5.58. The number of hydrogen-bond acceptors (Lipinski definition) is 3. The third-order valence-corrected chi connectivity index (χ3v) is 4.31. The van der Waals surface area contributed by atoms with Crippen molar-refractivity contribution in [3.8, 4) is 0 Å². The van der Waals surface area contributed by atoms with E-state index in [-0.39, 0.29) is 6.04 Å². The molecule has 1 aliphatic carbocycles. The van der Waals surface area contributed by atoms with Gasteiger partial charge in [-0.05, 0) is 37.5 Å². The lowest BCUT2D eigenvalue weighted by Crippen LogP contribution is -2.45. The first-order chi connectivity index (χ1) is 9.72. The maximum absolute atomic E-state index is 5.81. The summed E-state index contributed by atoms with van der Waals surface area (Å²) in [7, 11) is 0. The number of rotatable bonds is 5. The Balaban J connectivity index is 1.79. The average Bonchev–Trinajstić information content (AvgIpc) is 2.79. The van der Waals surface area contributed by atoms with E-state index in [1.807, 2.05) is 6.92 Å². The van der Waals surface area contributed by atoms with Crippen LogP contribution in [0.5, 0.6) is 0 Å². The predicted octanol–water partition coefficient (Wildman–Crippen LogP) is 1.93. The van der Waals surface area contributed by atoms with E-state index in [9.17, 15) is 0 Å². The lowest BCUT2D eigenvalue weighted by atomic mass is 9.72. The minimum Gasteiger partial charge on any atom is -0.271 e. The smallest absolute Gasteiger partial charge is 0.0596 e. The van der Waals surface area contributed by atoms with E-state index in [4.69, 9.17) is 5.84 Å². The number of fused-ring (bicyclic) bond motifs is 1. The number of aryl methyl sites for hydroxylation is 2. The Hall–Kier alpha value is -1.65. The number of hydrogen-bond donors (Lipinski definition) is 2. The Kier molecular flexibility index (Phi) is 3.59. The molecule has 0 saturated heterocycles. The third kappa shape index (κ3) is 2.25. The maximum atomic E-state index is 5.81. The molecule has 0 fully saturated rings. The summed E-state index contributed by atoms with van der Waals surface area (Å²) >= 11 is 0. The largest absolute Gasteiger partial charge is 0.271 e. The highest BCUT2D eigenvalue weighted by atomic mass is 15.3. The van der Waals surface area contributed by atoms with E-state index in [0.717, 1.165) is 25.1 Å². The fourth-order valence-corrected chi connectivity index (χ4v) is 3.24. The zero-order valence-corrected chi connectivity index (χ0v) is 12.1. The van der Waals surface area contributed by atoms with Crippen molar-refractivity contribution in [3.05, 3.63) is 52.8 Å². The van der Waals surface area contributed by atoms with E-state index >= 15 is 0 Å². The van der Waals surface area contributed by atoms with Crippen molar-refractivity contribution in [1.82, 2.24) is 15.2 Å². The van der Waals surface area contributed by atoms with Crippen LogP contribution in [0.1, 0.15) is 35.4 Å². The van der Waals surface area contributed by atoms with Crippen LogP contribution in [0, 0.1) is 6.92 Å². The normalized spacial score (nSPS) is 18.4. The number of benzene rings is 1. The molecule has 0 saturated carbocycles. The molecule has 20 heavy (non-hydrogen) atoms. The molecule has 0 radical (unpaired) electrons. The van der Waals surface area contributed by atoms with E-state index in [0.29, 0.717) is 5.92 Å². The van der Waals surface area contributed by atoms with Gasteiger partial charge in [-0.1, -0.05) is 24.3 Å². The quantitative estimate of drug-likeness (QED) is 0.645. The highest BCUT2D eigenvalue weighted by Crippen LogP contribution is 2.38. The fourth-order valence-electron chi connectivity index (χ4n) is 3.24. The molecule has 4 heteroatoms. The summed E-state index contributed by atoms with van der Waals surface area (Å²) < 4.78 is 2.07. The zero-order valence-electron chi connectivity index (χ0n) is 12.1. The monoisotopic (exact) mass is 270 g/mol. The van der Waals surface area contributed by atoms with E-state index in [2.05, 4.69) is 52.5 Å². The summed E-state index contributed by atoms with van der Waals surface area (Å²) in [6.07, 6.45) is 2.04. The van der Waals surface area contributed by atoms with E-state index < -0.39 is 0 Å². The van der Waals surface area contributed by atoms with Gasteiger partial charge in [0.25, 0.3) is 0 Å². The molecule has 1 aromatic carbocycles. The van der Waals surface area contributed by atoms with Crippen LogP contribution >= 0.6 is 0 Å². The molecule has 1 aliphatic rings. The minimum atomic E-state index is 0.270. The Morgan fingerprint density at radius 1 is 1.45 bits per heavy atom. The first-order valence-electron chi connectivity index (χ1n) is 7.30. The molecule has 4 nitrogen and oxygen atoms in total. The molecule has 3 N–H and O–H groups in total. The molecular weight excluding hydrogens is 248 g/mol. The Morgan fingerprint density at radius 3 is 2.95 bits per heavy atom. The van der Waals surface area contributed by atoms with Gasteiger partial charge in [-0.15, -0.1) is 0 Å². The van der Waals surface area contributed by atoms with Gasteiger partial charge in [0.05, 0.1) is 5.69 Å². The van der Waals surface area contributed by atoms with Gasteiger partial charge in [-0.2, -0.15) is 5.10 Å². The van der Waals surface area contributed by atoms with Crippen molar-refractivity contribution in [1.29, 1.82) is 0 Å². The van der Waals surface area contributed by atoms with Crippen LogP contribution < -0.4 is 11.3 Å². The van der Waals surface area contributed by atoms with Crippen LogP contribution in [0.2, 0.25) is 0 Å². The minimum absolute atomic E-state index is 0.270. The first kappa shape index (κ1) is 13.3. The van der Waals surface area contributed by atoms with Crippen molar-refractivity contribution in [2.75, 3.05) is 0 Å². The van der Waals surface area contributed by atoms with Crippen LogP contribution in [-0.2, 0) is 19.4 Å². The number of hydrazine groups is 1. The van der Waals surface area contributed by atoms with Gasteiger partial charge in [0.1, 0.15) is 0 Å². The van der Waals surface area contributed by atoms with Crippen molar-refractivity contribution >= 4 is 0 Å². The van der Waals surface area contributed by atoms with Gasteiger partial charge >= 0.3 is 0 Å². The zero-order chi connectivity index (χ0) is 14.1. The van der Waals surface area contributed by atoms with Crippen molar-refractivity contribution in [2.45, 2.75) is 45.2 Å². The Bertz CT molecular complexity index is 602. The molecule has 2 unspecified atom stereocenters. The van der Waals surface area contributed by atoms with Crippen LogP contribution in [0.25, 0.3) is 0 Å². The first-order valence-corrected chi connectivity index (χ1v) is 7.30. The van der Waals surface area contributed by atoms with E-state index in [1.54, 1.807) is 0 Å². The number of nitrogens with zero attached hydrogens (tertiary/aromatic N) is 2. The van der Waals surface area contributed by atoms with Crippen molar-refractivity contribution in [3.63, 3.8) is 0 Å². The topological polar surface area (TPSA) is 55.9 Å². The summed E-state index contributed by atoms with van der Waals surface area (Å²) in [5.41, 5.74) is 8.25.